The fraction of sp³-hybridized carbons (Fsp3) is 0.600. The molecule has 2 aliphatic heterocycles. The van der Waals surface area contributed by atoms with Crippen molar-refractivity contribution < 1.29 is 18.2 Å². The van der Waals surface area contributed by atoms with Gasteiger partial charge in [0.2, 0.25) is 0 Å². The Balaban J connectivity index is 1.54. The number of nitrogens with one attached hydrogen (secondary N) is 2. The highest BCUT2D eigenvalue weighted by Crippen LogP contribution is 2.20. The van der Waals surface area contributed by atoms with E-state index in [-0.39, 0.29) is 0 Å². The first kappa shape index (κ1) is 16.5. The summed E-state index contributed by atoms with van der Waals surface area (Å²) in [6.45, 7) is 5.11. The van der Waals surface area contributed by atoms with Crippen molar-refractivity contribution in [3.8, 4) is 0 Å². The van der Waals surface area contributed by atoms with Crippen molar-refractivity contribution in [2.24, 2.45) is 0 Å². The molecule has 2 saturated heterocycles. The molecule has 0 unspecified atom stereocenters. The Bertz CT molecular complexity index is 643. The number of piperazine rings is 1. The zero-order valence-corrected chi connectivity index (χ0v) is 14.8. The maximum Gasteiger partial charge on any atom is 0.156 e. The number of sulfone groups is 1. The number of quaternary nitrogens is 2. The lowest BCUT2D eigenvalue weighted by atomic mass is 10.1. The molecule has 1 aromatic carbocycles. The van der Waals surface area contributed by atoms with Gasteiger partial charge in [0.15, 0.2) is 9.84 Å². The zero-order chi connectivity index (χ0) is 15.7. The summed E-state index contributed by atoms with van der Waals surface area (Å²) in [7, 11) is -2.77. The lowest BCUT2D eigenvalue weighted by molar-refractivity contribution is -1.03. The Morgan fingerprint density at radius 2 is 1.86 bits per heavy atom. The minimum atomic E-state index is -2.77. The molecule has 3 rings (SSSR count). The van der Waals surface area contributed by atoms with Crippen LogP contribution in [0.1, 0.15) is 12.0 Å². The Hall–Kier alpha value is -0.330. The first-order valence-electron chi connectivity index (χ1n) is 7.75. The fourth-order valence-corrected chi connectivity index (χ4v) is 5.86. The minimum Gasteiger partial charge on any atom is -0.322 e. The molecular formula is C15H22Cl2N2O2S+2. The summed E-state index contributed by atoms with van der Waals surface area (Å²) in [5, 5.41) is 1.40. The third-order valence-corrected chi connectivity index (χ3v) is 7.22. The van der Waals surface area contributed by atoms with Gasteiger partial charge in [-0.25, -0.2) is 8.42 Å². The maximum absolute atomic E-state index is 11.6. The van der Waals surface area contributed by atoms with Gasteiger partial charge >= 0.3 is 0 Å². The third-order valence-electron chi connectivity index (χ3n) is 4.86. The van der Waals surface area contributed by atoms with Gasteiger partial charge in [-0.15, -0.1) is 0 Å². The van der Waals surface area contributed by atoms with Crippen molar-refractivity contribution in [1.82, 2.24) is 0 Å². The van der Waals surface area contributed by atoms with Gasteiger partial charge < -0.3 is 9.80 Å². The monoisotopic (exact) mass is 364 g/mol. The number of hydrogen-bond acceptors (Lipinski definition) is 2. The Labute approximate surface area is 141 Å². The normalized spacial score (nSPS) is 31.3. The Kier molecular flexibility index (Phi) is 5.00. The number of halogens is 2. The highest BCUT2D eigenvalue weighted by molar-refractivity contribution is 7.91. The predicted molar refractivity (Wildman–Crippen MR) is 88.6 cm³/mol. The molecule has 4 nitrogen and oxygen atoms in total. The van der Waals surface area contributed by atoms with E-state index in [4.69, 9.17) is 23.2 Å². The van der Waals surface area contributed by atoms with Crippen LogP contribution in [0.2, 0.25) is 10.0 Å². The largest absolute Gasteiger partial charge is 0.322 e. The summed E-state index contributed by atoms with van der Waals surface area (Å²) in [5.74, 6) is 0.749. The lowest BCUT2D eigenvalue weighted by Gasteiger charge is -2.32. The van der Waals surface area contributed by atoms with Gasteiger partial charge in [-0.3, -0.25) is 0 Å². The van der Waals surface area contributed by atoms with Crippen LogP contribution in [0.5, 0.6) is 0 Å². The molecule has 0 aromatic heterocycles. The van der Waals surface area contributed by atoms with Crippen molar-refractivity contribution in [2.45, 2.75) is 19.0 Å². The highest BCUT2D eigenvalue weighted by Gasteiger charge is 2.37. The summed E-state index contributed by atoms with van der Waals surface area (Å²) in [6.07, 6.45) is 0.829. The minimum absolute atomic E-state index is 0.311. The van der Waals surface area contributed by atoms with E-state index in [2.05, 4.69) is 0 Å². The topological polar surface area (TPSA) is 43.0 Å². The molecule has 0 bridgehead atoms. The molecule has 2 N–H and O–H groups in total. The van der Waals surface area contributed by atoms with Crippen LogP contribution in [0.25, 0.3) is 0 Å². The van der Waals surface area contributed by atoms with E-state index >= 15 is 0 Å². The molecule has 0 spiro atoms. The fourth-order valence-electron chi connectivity index (χ4n) is 3.56. The summed E-state index contributed by atoms with van der Waals surface area (Å²) in [6, 6.07) is 5.99. The van der Waals surface area contributed by atoms with Crippen LogP contribution >= 0.6 is 23.2 Å². The lowest BCUT2D eigenvalue weighted by Crippen LogP contribution is -3.29. The quantitative estimate of drug-likeness (QED) is 0.756. The van der Waals surface area contributed by atoms with E-state index in [0.717, 1.165) is 49.7 Å². The van der Waals surface area contributed by atoms with E-state index in [1.807, 2.05) is 12.1 Å². The number of benzene rings is 1. The molecule has 122 valence electrons. The van der Waals surface area contributed by atoms with Gasteiger partial charge in [-0.2, -0.15) is 0 Å². The van der Waals surface area contributed by atoms with Gasteiger partial charge in [0.05, 0.1) is 10.8 Å². The van der Waals surface area contributed by atoms with Crippen molar-refractivity contribution in [2.75, 3.05) is 37.7 Å². The molecule has 2 heterocycles. The molecular weight excluding hydrogens is 343 g/mol. The van der Waals surface area contributed by atoms with Crippen LogP contribution in [0, 0.1) is 0 Å². The zero-order valence-electron chi connectivity index (χ0n) is 12.4. The molecule has 0 saturated carbocycles. The third kappa shape index (κ3) is 3.95. The number of hydrogen-bond donors (Lipinski definition) is 2. The molecule has 22 heavy (non-hydrogen) atoms. The standard InChI is InChI=1S/C15H20Cl2N2O2S/c16-13-2-1-12(15(17)9-13)10-18-4-6-19(7-5-18)14-3-8-22(20,21)11-14/h1-2,9,14H,3-8,10-11H2/p+2/t14-/m0/s1. The molecule has 0 radical (unpaired) electrons. The van der Waals surface area contributed by atoms with Crippen molar-refractivity contribution in [3.63, 3.8) is 0 Å². The summed E-state index contributed by atoms with van der Waals surface area (Å²) in [4.78, 5) is 2.97. The van der Waals surface area contributed by atoms with Crippen LogP contribution in [-0.4, -0.2) is 52.1 Å². The van der Waals surface area contributed by atoms with Gasteiger partial charge in [0.1, 0.15) is 44.5 Å². The first-order valence-corrected chi connectivity index (χ1v) is 10.3. The van der Waals surface area contributed by atoms with E-state index < -0.39 is 9.84 Å². The second-order valence-electron chi connectivity index (χ2n) is 6.42. The van der Waals surface area contributed by atoms with Gasteiger partial charge in [-0.1, -0.05) is 29.3 Å². The molecule has 0 amide bonds. The van der Waals surface area contributed by atoms with Crippen LogP contribution in [0.3, 0.4) is 0 Å². The van der Waals surface area contributed by atoms with E-state index in [1.165, 1.54) is 9.80 Å². The number of rotatable bonds is 3. The summed E-state index contributed by atoms with van der Waals surface area (Å²) >= 11 is 12.2. The van der Waals surface area contributed by atoms with Gasteiger partial charge in [-0.05, 0) is 12.1 Å². The summed E-state index contributed by atoms with van der Waals surface area (Å²) in [5.41, 5.74) is 1.13. The highest BCUT2D eigenvalue weighted by atomic mass is 35.5. The van der Waals surface area contributed by atoms with Crippen LogP contribution in [-0.2, 0) is 16.4 Å². The Morgan fingerprint density at radius 3 is 2.45 bits per heavy atom. The van der Waals surface area contributed by atoms with E-state index in [9.17, 15) is 8.42 Å². The maximum atomic E-state index is 11.6. The second kappa shape index (κ2) is 6.65. The van der Waals surface area contributed by atoms with E-state index in [0.29, 0.717) is 22.6 Å². The van der Waals surface area contributed by atoms with Crippen LogP contribution in [0.15, 0.2) is 18.2 Å². The molecule has 1 atom stereocenters. The summed E-state index contributed by atoms with van der Waals surface area (Å²) < 4.78 is 23.2. The molecule has 2 aliphatic rings. The predicted octanol–water partition coefficient (Wildman–Crippen LogP) is -0.536. The molecule has 0 aliphatic carbocycles. The average molecular weight is 365 g/mol. The SMILES string of the molecule is O=S1(=O)CC[C@H]([NH+]2CC[NH+](Cc3ccc(Cl)cc3Cl)CC2)C1. The van der Waals surface area contributed by atoms with Crippen molar-refractivity contribution in [3.05, 3.63) is 33.8 Å². The second-order valence-corrected chi connectivity index (χ2v) is 9.49. The molecule has 1 aromatic rings. The molecule has 2 fully saturated rings. The first-order chi connectivity index (χ1) is 10.4. The van der Waals surface area contributed by atoms with Crippen LogP contribution < -0.4 is 9.80 Å². The van der Waals surface area contributed by atoms with Crippen molar-refractivity contribution in [1.29, 1.82) is 0 Å². The smallest absolute Gasteiger partial charge is 0.156 e. The average Bonchev–Trinajstić information content (AvgIpc) is 2.83. The van der Waals surface area contributed by atoms with Crippen molar-refractivity contribution >= 4 is 33.0 Å². The molecule has 7 heteroatoms. The Morgan fingerprint density at radius 1 is 1.14 bits per heavy atom. The van der Waals surface area contributed by atoms with E-state index in [1.54, 1.807) is 6.07 Å². The van der Waals surface area contributed by atoms with Crippen LogP contribution in [0.4, 0.5) is 0 Å². The van der Waals surface area contributed by atoms with Gasteiger partial charge in [0, 0.05) is 17.0 Å². The van der Waals surface area contributed by atoms with Gasteiger partial charge in [0.25, 0.3) is 0 Å².